The quantitative estimate of drug-likeness (QED) is 0.626. The van der Waals surface area contributed by atoms with Crippen LogP contribution in [0.4, 0.5) is 0 Å². The van der Waals surface area contributed by atoms with Gasteiger partial charge < -0.3 is 10.1 Å². The molecule has 2 aromatic rings. The molecular formula is C23H32N4O2. The van der Waals surface area contributed by atoms with Crippen molar-refractivity contribution in [1.82, 2.24) is 20.1 Å². The molecule has 1 fully saturated rings. The van der Waals surface area contributed by atoms with Gasteiger partial charge in [0.25, 0.3) is 0 Å². The van der Waals surface area contributed by atoms with Gasteiger partial charge in [0, 0.05) is 52.1 Å². The van der Waals surface area contributed by atoms with E-state index in [1.165, 1.54) is 5.56 Å². The Hall–Kier alpha value is -2.28. The normalized spacial score (nSPS) is 16.4. The van der Waals surface area contributed by atoms with Crippen molar-refractivity contribution in [2.75, 3.05) is 45.9 Å². The van der Waals surface area contributed by atoms with Gasteiger partial charge >= 0.3 is 0 Å². The van der Waals surface area contributed by atoms with E-state index in [0.29, 0.717) is 19.7 Å². The van der Waals surface area contributed by atoms with E-state index in [2.05, 4.69) is 45.2 Å². The number of nitrogens with zero attached hydrogens (tertiary/aromatic N) is 3. The Bertz CT molecular complexity index is 718. The molecule has 0 aliphatic carbocycles. The maximum absolute atomic E-state index is 12.2. The third-order valence-electron chi connectivity index (χ3n) is 5.22. The maximum atomic E-state index is 12.2. The number of hydrogen-bond donors (Lipinski definition) is 1. The van der Waals surface area contributed by atoms with E-state index in [0.717, 1.165) is 44.8 Å². The first kappa shape index (κ1) is 21.4. The molecule has 6 heteroatoms. The van der Waals surface area contributed by atoms with E-state index in [1.807, 2.05) is 36.5 Å². The van der Waals surface area contributed by atoms with Crippen molar-refractivity contribution in [3.05, 3.63) is 66.0 Å². The Kier molecular flexibility index (Phi) is 8.61. The largest absolute Gasteiger partial charge is 0.374 e. The number of amides is 1. The highest BCUT2D eigenvalue weighted by molar-refractivity contribution is 5.77. The molecule has 1 aromatic heterocycles. The van der Waals surface area contributed by atoms with Crippen LogP contribution >= 0.6 is 0 Å². The van der Waals surface area contributed by atoms with Gasteiger partial charge in [0.1, 0.15) is 0 Å². The third-order valence-corrected chi connectivity index (χ3v) is 5.22. The van der Waals surface area contributed by atoms with Gasteiger partial charge in [-0.3, -0.25) is 19.6 Å². The molecule has 1 unspecified atom stereocenters. The van der Waals surface area contributed by atoms with E-state index >= 15 is 0 Å². The summed E-state index contributed by atoms with van der Waals surface area (Å²) >= 11 is 0. The molecule has 1 aliphatic rings. The SMILES string of the molecule is CC(OCCCNC(=O)CN1CCN(Cc2ccccn2)CC1)c1ccccc1. The minimum absolute atomic E-state index is 0.0780. The van der Waals surface area contributed by atoms with E-state index in [9.17, 15) is 4.79 Å². The molecule has 29 heavy (non-hydrogen) atoms. The van der Waals surface area contributed by atoms with Crippen LogP contribution in [0.5, 0.6) is 0 Å². The lowest BCUT2D eigenvalue weighted by Gasteiger charge is -2.34. The van der Waals surface area contributed by atoms with Crippen molar-refractivity contribution < 1.29 is 9.53 Å². The van der Waals surface area contributed by atoms with Crippen molar-refractivity contribution in [2.24, 2.45) is 0 Å². The molecule has 3 rings (SSSR count). The Morgan fingerprint density at radius 3 is 2.52 bits per heavy atom. The fraction of sp³-hybridized carbons (Fsp3) is 0.478. The summed E-state index contributed by atoms with van der Waals surface area (Å²) in [5.74, 6) is 0.0966. The first-order valence-corrected chi connectivity index (χ1v) is 10.5. The average Bonchev–Trinajstić information content (AvgIpc) is 2.76. The predicted molar refractivity (Wildman–Crippen MR) is 114 cm³/mol. The van der Waals surface area contributed by atoms with E-state index < -0.39 is 0 Å². The molecule has 0 saturated carbocycles. The number of piperazine rings is 1. The molecule has 0 spiro atoms. The molecule has 6 nitrogen and oxygen atoms in total. The number of rotatable bonds is 10. The summed E-state index contributed by atoms with van der Waals surface area (Å²) < 4.78 is 5.85. The van der Waals surface area contributed by atoms with Gasteiger partial charge in [-0.2, -0.15) is 0 Å². The number of hydrogen-bond acceptors (Lipinski definition) is 5. The fourth-order valence-corrected chi connectivity index (χ4v) is 3.47. The Balaban J connectivity index is 1.24. The maximum Gasteiger partial charge on any atom is 0.234 e. The Morgan fingerprint density at radius 1 is 1.07 bits per heavy atom. The summed E-state index contributed by atoms with van der Waals surface area (Å²) in [4.78, 5) is 21.2. The van der Waals surface area contributed by atoms with Crippen LogP contribution in [0.2, 0.25) is 0 Å². The zero-order chi connectivity index (χ0) is 20.3. The fourth-order valence-electron chi connectivity index (χ4n) is 3.47. The van der Waals surface area contributed by atoms with Crippen LogP contribution in [0, 0.1) is 0 Å². The van der Waals surface area contributed by atoms with Crippen LogP contribution in [0.25, 0.3) is 0 Å². The van der Waals surface area contributed by atoms with Gasteiger partial charge in [-0.05, 0) is 31.0 Å². The molecule has 156 valence electrons. The summed E-state index contributed by atoms with van der Waals surface area (Å²) in [6, 6.07) is 16.2. The summed E-state index contributed by atoms with van der Waals surface area (Å²) in [5, 5.41) is 3.01. The minimum atomic E-state index is 0.0780. The minimum Gasteiger partial charge on any atom is -0.374 e. The number of benzene rings is 1. The number of aromatic nitrogens is 1. The van der Waals surface area contributed by atoms with Gasteiger partial charge in [-0.15, -0.1) is 0 Å². The van der Waals surface area contributed by atoms with Crippen LogP contribution in [0.1, 0.15) is 30.7 Å². The second-order valence-corrected chi connectivity index (χ2v) is 7.50. The molecule has 1 aromatic carbocycles. The van der Waals surface area contributed by atoms with Crippen molar-refractivity contribution >= 4 is 5.91 Å². The second kappa shape index (κ2) is 11.7. The van der Waals surface area contributed by atoms with Gasteiger partial charge in [0.15, 0.2) is 0 Å². The lowest BCUT2D eigenvalue weighted by atomic mass is 10.1. The van der Waals surface area contributed by atoms with E-state index in [4.69, 9.17) is 4.74 Å². The average molecular weight is 397 g/mol. The molecule has 2 heterocycles. The molecule has 1 aliphatic heterocycles. The highest BCUT2D eigenvalue weighted by Gasteiger charge is 2.19. The van der Waals surface area contributed by atoms with E-state index in [1.54, 1.807) is 0 Å². The summed E-state index contributed by atoms with van der Waals surface area (Å²) in [5.41, 5.74) is 2.28. The van der Waals surface area contributed by atoms with Gasteiger partial charge in [0.05, 0.1) is 18.3 Å². The van der Waals surface area contributed by atoms with Gasteiger partial charge in [0.2, 0.25) is 5.91 Å². The highest BCUT2D eigenvalue weighted by Crippen LogP contribution is 2.15. The molecule has 1 N–H and O–H groups in total. The molecule has 1 atom stereocenters. The molecule has 1 amide bonds. The number of pyridine rings is 1. The van der Waals surface area contributed by atoms with Crippen molar-refractivity contribution in [3.63, 3.8) is 0 Å². The first-order valence-electron chi connectivity index (χ1n) is 10.5. The zero-order valence-electron chi connectivity index (χ0n) is 17.3. The van der Waals surface area contributed by atoms with Crippen LogP contribution in [-0.2, 0) is 16.1 Å². The monoisotopic (exact) mass is 396 g/mol. The molecule has 0 bridgehead atoms. The standard InChI is InChI=1S/C23H32N4O2/c1-20(21-8-3-2-4-9-21)29-17-7-12-25-23(28)19-27-15-13-26(14-16-27)18-22-10-5-6-11-24-22/h2-6,8-11,20H,7,12-19H2,1H3,(H,25,28). The van der Waals surface area contributed by atoms with Crippen LogP contribution in [0.15, 0.2) is 54.7 Å². The predicted octanol–water partition coefficient (Wildman–Crippen LogP) is 2.48. The zero-order valence-corrected chi connectivity index (χ0v) is 17.3. The number of ether oxygens (including phenoxy) is 1. The number of nitrogens with one attached hydrogen (secondary N) is 1. The van der Waals surface area contributed by atoms with Crippen LogP contribution in [-0.4, -0.2) is 66.6 Å². The Labute approximate surface area is 173 Å². The highest BCUT2D eigenvalue weighted by atomic mass is 16.5. The Morgan fingerprint density at radius 2 is 1.79 bits per heavy atom. The molecular weight excluding hydrogens is 364 g/mol. The smallest absolute Gasteiger partial charge is 0.234 e. The summed E-state index contributed by atoms with van der Waals surface area (Å²) in [6.07, 6.45) is 2.73. The van der Waals surface area contributed by atoms with Gasteiger partial charge in [-0.25, -0.2) is 0 Å². The summed E-state index contributed by atoms with van der Waals surface area (Å²) in [6.45, 7) is 8.46. The lowest BCUT2D eigenvalue weighted by Crippen LogP contribution is -2.49. The summed E-state index contributed by atoms with van der Waals surface area (Å²) in [7, 11) is 0. The number of carbonyl (C=O) groups is 1. The van der Waals surface area contributed by atoms with Crippen molar-refractivity contribution in [3.8, 4) is 0 Å². The third kappa shape index (κ3) is 7.57. The second-order valence-electron chi connectivity index (χ2n) is 7.50. The van der Waals surface area contributed by atoms with Gasteiger partial charge in [-0.1, -0.05) is 36.4 Å². The molecule has 1 saturated heterocycles. The van der Waals surface area contributed by atoms with Crippen molar-refractivity contribution in [2.45, 2.75) is 26.0 Å². The van der Waals surface area contributed by atoms with Crippen LogP contribution < -0.4 is 5.32 Å². The first-order chi connectivity index (χ1) is 14.2. The lowest BCUT2D eigenvalue weighted by molar-refractivity contribution is -0.122. The van der Waals surface area contributed by atoms with E-state index in [-0.39, 0.29) is 12.0 Å². The van der Waals surface area contributed by atoms with Crippen molar-refractivity contribution in [1.29, 1.82) is 0 Å². The topological polar surface area (TPSA) is 57.7 Å². The van der Waals surface area contributed by atoms with Crippen LogP contribution in [0.3, 0.4) is 0 Å². The molecule has 0 radical (unpaired) electrons. The number of carbonyl (C=O) groups excluding carboxylic acids is 1.